The Bertz CT molecular complexity index is 309. The Balaban J connectivity index is 5.00. The zero-order chi connectivity index (χ0) is 12.2. The van der Waals surface area contributed by atoms with Crippen molar-refractivity contribution in [2.45, 2.75) is 39.0 Å². The predicted molar refractivity (Wildman–Crippen MR) is 59.9 cm³/mol. The van der Waals surface area contributed by atoms with Crippen LogP contribution in [0.25, 0.3) is 0 Å². The van der Waals surface area contributed by atoms with Crippen LogP contribution < -0.4 is 10.5 Å². The van der Waals surface area contributed by atoms with E-state index in [9.17, 15) is 13.2 Å². The SMILES string of the molecule is CC(C)NS(=O)(=O)C(C(=O)CN)C(C)C. The lowest BCUT2D eigenvalue weighted by atomic mass is 10.1. The van der Waals surface area contributed by atoms with Gasteiger partial charge in [-0.1, -0.05) is 13.8 Å². The normalized spacial score (nSPS) is 14.6. The van der Waals surface area contributed by atoms with Gasteiger partial charge in [0.25, 0.3) is 0 Å². The van der Waals surface area contributed by atoms with Crippen molar-refractivity contribution in [3.63, 3.8) is 0 Å². The fraction of sp³-hybridized carbons (Fsp3) is 0.889. The molecule has 1 atom stereocenters. The van der Waals surface area contributed by atoms with E-state index in [4.69, 9.17) is 5.73 Å². The molecule has 0 saturated heterocycles. The van der Waals surface area contributed by atoms with E-state index in [0.29, 0.717) is 0 Å². The second-order valence-corrected chi connectivity index (χ2v) is 5.99. The molecule has 0 saturated carbocycles. The first-order chi connectivity index (χ1) is 6.72. The number of hydrogen-bond donors (Lipinski definition) is 2. The van der Waals surface area contributed by atoms with Crippen LogP contribution in [0.3, 0.4) is 0 Å². The zero-order valence-corrected chi connectivity index (χ0v) is 10.5. The maximum atomic E-state index is 11.8. The van der Waals surface area contributed by atoms with Crippen LogP contribution >= 0.6 is 0 Å². The first-order valence-electron chi connectivity index (χ1n) is 4.96. The average molecular weight is 236 g/mol. The Morgan fingerprint density at radius 2 is 1.73 bits per heavy atom. The van der Waals surface area contributed by atoms with Crippen molar-refractivity contribution >= 4 is 15.8 Å². The number of Topliss-reactive ketones (excluding diaryl/α,β-unsaturated/α-hetero) is 1. The Morgan fingerprint density at radius 3 is 2.00 bits per heavy atom. The lowest BCUT2D eigenvalue weighted by Gasteiger charge is -2.21. The highest BCUT2D eigenvalue weighted by Crippen LogP contribution is 2.12. The van der Waals surface area contributed by atoms with Gasteiger partial charge in [0.15, 0.2) is 5.78 Å². The van der Waals surface area contributed by atoms with Gasteiger partial charge in [-0.15, -0.1) is 0 Å². The van der Waals surface area contributed by atoms with Gasteiger partial charge >= 0.3 is 0 Å². The number of ketones is 1. The highest BCUT2D eigenvalue weighted by molar-refractivity contribution is 7.90. The minimum absolute atomic E-state index is 0.221. The minimum atomic E-state index is -3.61. The standard InChI is InChI=1S/C9H20N2O3S/c1-6(2)9(8(12)5-10)15(13,14)11-7(3)4/h6-7,9,11H,5,10H2,1-4H3. The van der Waals surface area contributed by atoms with Crippen molar-refractivity contribution < 1.29 is 13.2 Å². The number of carbonyl (C=O) groups excluding carboxylic acids is 1. The smallest absolute Gasteiger partial charge is 0.222 e. The molecule has 90 valence electrons. The molecule has 0 heterocycles. The molecule has 0 amide bonds. The van der Waals surface area contributed by atoms with Crippen LogP contribution in [0, 0.1) is 5.92 Å². The molecular formula is C9H20N2O3S. The molecule has 0 aromatic rings. The molecule has 15 heavy (non-hydrogen) atoms. The van der Waals surface area contributed by atoms with Gasteiger partial charge in [-0.2, -0.15) is 0 Å². The van der Waals surface area contributed by atoms with E-state index in [-0.39, 0.29) is 18.5 Å². The molecule has 0 aliphatic rings. The van der Waals surface area contributed by atoms with Crippen molar-refractivity contribution in [3.05, 3.63) is 0 Å². The first kappa shape index (κ1) is 14.5. The number of nitrogens with two attached hydrogens (primary N) is 1. The summed E-state index contributed by atoms with van der Waals surface area (Å²) in [6, 6.07) is -0.221. The van der Waals surface area contributed by atoms with E-state index in [1.165, 1.54) is 0 Å². The summed E-state index contributed by atoms with van der Waals surface area (Å²) in [7, 11) is -3.61. The zero-order valence-electron chi connectivity index (χ0n) is 9.65. The van der Waals surface area contributed by atoms with Gasteiger partial charge in [0.1, 0.15) is 5.25 Å². The molecule has 0 aliphatic heterocycles. The average Bonchev–Trinajstić information content (AvgIpc) is 1.99. The molecule has 6 heteroatoms. The maximum Gasteiger partial charge on any atom is 0.222 e. The molecule has 0 aromatic heterocycles. The number of hydrogen-bond acceptors (Lipinski definition) is 4. The second-order valence-electron chi connectivity index (χ2n) is 4.15. The number of nitrogens with one attached hydrogen (secondary N) is 1. The summed E-state index contributed by atoms with van der Waals surface area (Å²) in [4.78, 5) is 11.4. The Kier molecular flexibility index (Phi) is 5.41. The van der Waals surface area contributed by atoms with E-state index >= 15 is 0 Å². The number of sulfonamides is 1. The minimum Gasteiger partial charge on any atom is -0.324 e. The van der Waals surface area contributed by atoms with Crippen LogP contribution in [-0.4, -0.2) is 32.0 Å². The molecule has 0 spiro atoms. The molecular weight excluding hydrogens is 216 g/mol. The van der Waals surface area contributed by atoms with E-state index < -0.39 is 21.1 Å². The summed E-state index contributed by atoms with van der Waals surface area (Å²) < 4.78 is 26.0. The largest absolute Gasteiger partial charge is 0.324 e. The molecule has 1 unspecified atom stereocenters. The third-order valence-corrected chi connectivity index (χ3v) is 4.13. The summed E-state index contributed by atoms with van der Waals surface area (Å²) in [6.45, 7) is 6.56. The van der Waals surface area contributed by atoms with Crippen LogP contribution in [0.2, 0.25) is 0 Å². The Labute approximate surface area is 91.5 Å². The summed E-state index contributed by atoms with van der Waals surface area (Å²) >= 11 is 0. The van der Waals surface area contributed by atoms with Gasteiger partial charge in [-0.3, -0.25) is 4.79 Å². The van der Waals surface area contributed by atoms with Crippen molar-refractivity contribution in [3.8, 4) is 0 Å². The van der Waals surface area contributed by atoms with Gasteiger partial charge in [0.05, 0.1) is 6.54 Å². The molecule has 0 rings (SSSR count). The number of carbonyl (C=O) groups is 1. The van der Waals surface area contributed by atoms with Gasteiger partial charge in [0, 0.05) is 6.04 Å². The lowest BCUT2D eigenvalue weighted by molar-refractivity contribution is -0.118. The first-order valence-corrected chi connectivity index (χ1v) is 6.51. The maximum absolute atomic E-state index is 11.8. The third-order valence-electron chi connectivity index (χ3n) is 1.86. The molecule has 5 nitrogen and oxygen atoms in total. The molecule has 0 bridgehead atoms. The molecule has 3 N–H and O–H groups in total. The fourth-order valence-electron chi connectivity index (χ4n) is 1.42. The van der Waals surface area contributed by atoms with Crippen LogP contribution in [0.1, 0.15) is 27.7 Å². The summed E-state index contributed by atoms with van der Waals surface area (Å²) in [5.74, 6) is -0.726. The molecule has 0 aromatic carbocycles. The highest BCUT2D eigenvalue weighted by atomic mass is 32.2. The van der Waals surface area contributed by atoms with E-state index in [0.717, 1.165) is 0 Å². The Hall–Kier alpha value is -0.460. The van der Waals surface area contributed by atoms with Crippen molar-refractivity contribution in [2.24, 2.45) is 11.7 Å². The molecule has 0 radical (unpaired) electrons. The lowest BCUT2D eigenvalue weighted by Crippen LogP contribution is -2.47. The monoisotopic (exact) mass is 236 g/mol. The quantitative estimate of drug-likeness (QED) is 0.672. The van der Waals surface area contributed by atoms with Crippen LogP contribution in [0.5, 0.6) is 0 Å². The molecule has 0 aliphatic carbocycles. The van der Waals surface area contributed by atoms with Gasteiger partial charge in [-0.05, 0) is 19.8 Å². The van der Waals surface area contributed by atoms with Crippen LogP contribution in [0.15, 0.2) is 0 Å². The summed E-state index contributed by atoms with van der Waals surface area (Å²) in [6.07, 6.45) is 0. The van der Waals surface area contributed by atoms with E-state index in [1.54, 1.807) is 27.7 Å². The third kappa shape index (κ3) is 4.27. The highest BCUT2D eigenvalue weighted by Gasteiger charge is 2.34. The van der Waals surface area contributed by atoms with Gasteiger partial charge < -0.3 is 5.73 Å². The summed E-state index contributed by atoms with van der Waals surface area (Å²) in [5.41, 5.74) is 5.20. The van der Waals surface area contributed by atoms with Crippen LogP contribution in [-0.2, 0) is 14.8 Å². The second kappa shape index (κ2) is 5.58. The fourth-order valence-corrected chi connectivity index (χ4v) is 3.38. The summed E-state index contributed by atoms with van der Waals surface area (Å²) in [5, 5.41) is -1.05. The van der Waals surface area contributed by atoms with Crippen molar-refractivity contribution in [2.75, 3.05) is 6.54 Å². The van der Waals surface area contributed by atoms with E-state index in [2.05, 4.69) is 4.72 Å². The topological polar surface area (TPSA) is 89.3 Å². The Morgan fingerprint density at radius 1 is 1.27 bits per heavy atom. The number of rotatable bonds is 6. The van der Waals surface area contributed by atoms with Crippen molar-refractivity contribution in [1.29, 1.82) is 0 Å². The predicted octanol–water partition coefficient (Wildman–Crippen LogP) is -0.133. The van der Waals surface area contributed by atoms with Crippen molar-refractivity contribution in [1.82, 2.24) is 4.72 Å². The van der Waals surface area contributed by atoms with Crippen LogP contribution in [0.4, 0.5) is 0 Å². The van der Waals surface area contributed by atoms with Gasteiger partial charge in [0.2, 0.25) is 10.0 Å². The van der Waals surface area contributed by atoms with E-state index in [1.807, 2.05) is 0 Å². The molecule has 0 fully saturated rings. The van der Waals surface area contributed by atoms with Gasteiger partial charge in [-0.25, -0.2) is 13.1 Å².